The molecule has 3 nitrogen and oxygen atoms in total. The fourth-order valence-electron chi connectivity index (χ4n) is 2.31. The second kappa shape index (κ2) is 5.83. The predicted molar refractivity (Wildman–Crippen MR) is 75.4 cm³/mol. The quantitative estimate of drug-likeness (QED) is 0.926. The van der Waals surface area contributed by atoms with Crippen LogP contribution in [0.25, 0.3) is 0 Å². The first-order valence-electron chi connectivity index (χ1n) is 6.20. The van der Waals surface area contributed by atoms with Crippen LogP contribution in [0.5, 0.6) is 0 Å². The summed E-state index contributed by atoms with van der Waals surface area (Å²) in [5.41, 5.74) is 1.04. The molecular weight excluding hydrogens is 278 g/mol. The Morgan fingerprint density at radius 1 is 1.53 bits per heavy atom. The lowest BCUT2D eigenvalue weighted by atomic mass is 10.1. The third-order valence-electron chi connectivity index (χ3n) is 3.37. The van der Waals surface area contributed by atoms with Gasteiger partial charge in [0.2, 0.25) is 0 Å². The number of nitrogens with one attached hydrogen (secondary N) is 1. The summed E-state index contributed by atoms with van der Waals surface area (Å²) < 4.78 is 1.07. The van der Waals surface area contributed by atoms with E-state index in [0.717, 1.165) is 28.4 Å². The molecule has 1 N–H and O–H groups in total. The number of pyridine rings is 1. The van der Waals surface area contributed by atoms with E-state index in [1.165, 1.54) is 25.9 Å². The lowest BCUT2D eigenvalue weighted by Crippen LogP contribution is -2.16. The Balaban J connectivity index is 1.76. The molecule has 1 unspecified atom stereocenters. The number of rotatable bonds is 4. The number of likely N-dealkylation sites (tertiary alicyclic amines) is 1. The fraction of sp³-hybridized carbons (Fsp3) is 0.615. The molecule has 94 valence electrons. The number of hydrogen-bond acceptors (Lipinski definition) is 3. The first-order valence-corrected chi connectivity index (χ1v) is 7.00. The number of hydrogen-bond donors (Lipinski definition) is 1. The molecule has 4 heteroatoms. The molecule has 0 spiro atoms. The Morgan fingerprint density at radius 2 is 2.35 bits per heavy atom. The Hall–Kier alpha value is -0.610. The highest BCUT2D eigenvalue weighted by Crippen LogP contribution is 2.19. The molecule has 17 heavy (non-hydrogen) atoms. The zero-order valence-electron chi connectivity index (χ0n) is 10.5. The standard InChI is InChI=1S/C13H20BrN3/c1-10-12(14)3-4-13(16-10)15-7-5-11-6-8-17(2)9-11/h3-4,11H,5-9H2,1-2H3,(H,15,16). The van der Waals surface area contributed by atoms with Crippen molar-refractivity contribution in [3.05, 3.63) is 22.3 Å². The van der Waals surface area contributed by atoms with Crippen LogP contribution < -0.4 is 5.32 Å². The normalized spacial score (nSPS) is 20.8. The largest absolute Gasteiger partial charge is 0.370 e. The molecule has 0 bridgehead atoms. The second-order valence-electron chi connectivity index (χ2n) is 4.90. The first-order chi connectivity index (χ1) is 8.15. The third kappa shape index (κ3) is 3.68. The van der Waals surface area contributed by atoms with E-state index in [9.17, 15) is 0 Å². The highest BCUT2D eigenvalue weighted by molar-refractivity contribution is 9.10. The Labute approximate surface area is 112 Å². The number of anilines is 1. The first kappa shape index (κ1) is 12.8. The van der Waals surface area contributed by atoms with Crippen molar-refractivity contribution in [2.75, 3.05) is 32.0 Å². The van der Waals surface area contributed by atoms with Crippen molar-refractivity contribution in [1.82, 2.24) is 9.88 Å². The molecule has 1 aliphatic rings. The molecule has 1 fully saturated rings. The molecule has 2 heterocycles. The monoisotopic (exact) mass is 297 g/mol. The zero-order valence-corrected chi connectivity index (χ0v) is 12.1. The second-order valence-corrected chi connectivity index (χ2v) is 5.75. The molecule has 1 atom stereocenters. The van der Waals surface area contributed by atoms with Gasteiger partial charge in [-0.1, -0.05) is 0 Å². The van der Waals surface area contributed by atoms with Gasteiger partial charge in [-0.15, -0.1) is 0 Å². The highest BCUT2D eigenvalue weighted by atomic mass is 79.9. The number of nitrogens with zero attached hydrogens (tertiary/aromatic N) is 2. The summed E-state index contributed by atoms with van der Waals surface area (Å²) in [7, 11) is 2.20. The number of halogens is 1. The van der Waals surface area contributed by atoms with Gasteiger partial charge in [0, 0.05) is 17.6 Å². The van der Waals surface area contributed by atoms with Gasteiger partial charge in [-0.05, 0) is 67.3 Å². The van der Waals surface area contributed by atoms with Crippen LogP contribution in [0.4, 0.5) is 5.82 Å². The van der Waals surface area contributed by atoms with Crippen LogP contribution in [0.3, 0.4) is 0 Å². The third-order valence-corrected chi connectivity index (χ3v) is 4.21. The van der Waals surface area contributed by atoms with Crippen LogP contribution in [0.15, 0.2) is 16.6 Å². The molecule has 2 rings (SSSR count). The Kier molecular flexibility index (Phi) is 4.40. The van der Waals surface area contributed by atoms with E-state index in [0.29, 0.717) is 0 Å². The zero-order chi connectivity index (χ0) is 12.3. The van der Waals surface area contributed by atoms with Crippen molar-refractivity contribution in [2.24, 2.45) is 5.92 Å². The van der Waals surface area contributed by atoms with Gasteiger partial charge in [0.15, 0.2) is 0 Å². The average molecular weight is 298 g/mol. The van der Waals surface area contributed by atoms with E-state index in [-0.39, 0.29) is 0 Å². The predicted octanol–water partition coefficient (Wildman–Crippen LogP) is 2.91. The van der Waals surface area contributed by atoms with Crippen LogP contribution in [0.1, 0.15) is 18.5 Å². The van der Waals surface area contributed by atoms with Crippen LogP contribution in [-0.2, 0) is 0 Å². The van der Waals surface area contributed by atoms with E-state index in [4.69, 9.17) is 0 Å². The van der Waals surface area contributed by atoms with Crippen LogP contribution in [0, 0.1) is 12.8 Å². The van der Waals surface area contributed by atoms with Gasteiger partial charge in [0.05, 0.1) is 5.69 Å². The van der Waals surface area contributed by atoms with Gasteiger partial charge in [-0.2, -0.15) is 0 Å². The Morgan fingerprint density at radius 3 is 3.00 bits per heavy atom. The van der Waals surface area contributed by atoms with Gasteiger partial charge in [-0.25, -0.2) is 4.98 Å². The van der Waals surface area contributed by atoms with Gasteiger partial charge >= 0.3 is 0 Å². The minimum absolute atomic E-state index is 0.851. The van der Waals surface area contributed by atoms with Crippen molar-refractivity contribution < 1.29 is 0 Å². The molecule has 0 radical (unpaired) electrons. The van der Waals surface area contributed by atoms with Crippen LogP contribution in [0.2, 0.25) is 0 Å². The minimum Gasteiger partial charge on any atom is -0.370 e. The molecule has 0 aliphatic carbocycles. The van der Waals surface area contributed by atoms with E-state index in [1.807, 2.05) is 19.1 Å². The van der Waals surface area contributed by atoms with E-state index in [1.54, 1.807) is 0 Å². The molecule has 1 aromatic heterocycles. The van der Waals surface area contributed by atoms with E-state index in [2.05, 4.69) is 38.2 Å². The molecule has 1 aliphatic heterocycles. The highest BCUT2D eigenvalue weighted by Gasteiger charge is 2.18. The summed E-state index contributed by atoms with van der Waals surface area (Å²) in [5, 5.41) is 3.40. The molecule has 0 aromatic carbocycles. The smallest absolute Gasteiger partial charge is 0.126 e. The lowest BCUT2D eigenvalue weighted by Gasteiger charge is -2.11. The summed E-state index contributed by atoms with van der Waals surface area (Å²) >= 11 is 3.46. The van der Waals surface area contributed by atoms with Crippen molar-refractivity contribution in [2.45, 2.75) is 19.8 Å². The average Bonchev–Trinajstić information content (AvgIpc) is 2.70. The SMILES string of the molecule is Cc1nc(NCCC2CCN(C)C2)ccc1Br. The molecule has 1 aromatic rings. The fourth-order valence-corrected chi connectivity index (χ4v) is 2.53. The van der Waals surface area contributed by atoms with E-state index < -0.39 is 0 Å². The summed E-state index contributed by atoms with van der Waals surface area (Å²) in [6.45, 7) is 5.53. The number of aryl methyl sites for hydroxylation is 1. The van der Waals surface area contributed by atoms with Crippen molar-refractivity contribution in [1.29, 1.82) is 0 Å². The summed E-state index contributed by atoms with van der Waals surface area (Å²) in [6, 6.07) is 4.08. The van der Waals surface area contributed by atoms with Crippen LogP contribution in [-0.4, -0.2) is 36.6 Å². The molecular formula is C13H20BrN3. The van der Waals surface area contributed by atoms with Gasteiger partial charge < -0.3 is 10.2 Å². The van der Waals surface area contributed by atoms with Gasteiger partial charge in [0.1, 0.15) is 5.82 Å². The van der Waals surface area contributed by atoms with Gasteiger partial charge in [0.25, 0.3) is 0 Å². The molecule has 0 amide bonds. The lowest BCUT2D eigenvalue weighted by molar-refractivity contribution is 0.390. The number of aromatic nitrogens is 1. The summed E-state index contributed by atoms with van der Waals surface area (Å²) in [5.74, 6) is 1.83. The minimum atomic E-state index is 0.851. The molecule has 1 saturated heterocycles. The topological polar surface area (TPSA) is 28.2 Å². The maximum Gasteiger partial charge on any atom is 0.126 e. The summed E-state index contributed by atoms with van der Waals surface area (Å²) in [4.78, 5) is 6.89. The maximum atomic E-state index is 4.48. The molecule has 0 saturated carbocycles. The van der Waals surface area contributed by atoms with Crippen molar-refractivity contribution in [3.8, 4) is 0 Å². The van der Waals surface area contributed by atoms with Crippen molar-refractivity contribution in [3.63, 3.8) is 0 Å². The van der Waals surface area contributed by atoms with E-state index >= 15 is 0 Å². The van der Waals surface area contributed by atoms with Crippen LogP contribution >= 0.6 is 15.9 Å². The van der Waals surface area contributed by atoms with Crippen molar-refractivity contribution >= 4 is 21.7 Å². The van der Waals surface area contributed by atoms with Gasteiger partial charge in [-0.3, -0.25) is 0 Å². The Bertz CT molecular complexity index is 381. The summed E-state index contributed by atoms with van der Waals surface area (Å²) in [6.07, 6.45) is 2.58. The maximum absolute atomic E-state index is 4.48.